The maximum absolute atomic E-state index is 3.49. The topological polar surface area (TPSA) is 15.3 Å². The molecule has 0 aliphatic carbocycles. The molecule has 0 amide bonds. The average molecular weight is 228 g/mol. The second kappa shape index (κ2) is 13.0. The molecule has 0 atom stereocenters. The summed E-state index contributed by atoms with van der Waals surface area (Å²) in [7, 11) is 4.25. The maximum Gasteiger partial charge on any atom is 0.0101 e. The SMILES string of the molecule is CCCCCCCCCCNCCN(C)C. The molecule has 98 valence electrons. The van der Waals surface area contributed by atoms with Gasteiger partial charge in [0.15, 0.2) is 0 Å². The molecule has 0 heterocycles. The van der Waals surface area contributed by atoms with Crippen LogP contribution in [0.25, 0.3) is 0 Å². The molecule has 0 radical (unpaired) electrons. The molecule has 0 bridgehead atoms. The van der Waals surface area contributed by atoms with E-state index in [-0.39, 0.29) is 0 Å². The molecule has 0 aromatic carbocycles. The number of hydrogen-bond acceptors (Lipinski definition) is 2. The summed E-state index contributed by atoms with van der Waals surface area (Å²) in [4.78, 5) is 2.22. The third-order valence-electron chi connectivity index (χ3n) is 2.94. The molecule has 0 saturated carbocycles. The van der Waals surface area contributed by atoms with Crippen molar-refractivity contribution in [2.75, 3.05) is 33.7 Å². The van der Waals surface area contributed by atoms with E-state index in [1.807, 2.05) is 0 Å². The molecule has 0 fully saturated rings. The van der Waals surface area contributed by atoms with Gasteiger partial charge in [-0.2, -0.15) is 0 Å². The molecule has 0 spiro atoms. The van der Waals surface area contributed by atoms with Gasteiger partial charge in [0.25, 0.3) is 0 Å². The van der Waals surface area contributed by atoms with Gasteiger partial charge < -0.3 is 10.2 Å². The van der Waals surface area contributed by atoms with Crippen LogP contribution in [-0.2, 0) is 0 Å². The van der Waals surface area contributed by atoms with E-state index in [0.29, 0.717) is 0 Å². The molecular weight excluding hydrogens is 196 g/mol. The molecule has 16 heavy (non-hydrogen) atoms. The summed E-state index contributed by atoms with van der Waals surface area (Å²) in [5.41, 5.74) is 0. The van der Waals surface area contributed by atoms with E-state index in [2.05, 4.69) is 31.2 Å². The van der Waals surface area contributed by atoms with Crippen molar-refractivity contribution in [3.63, 3.8) is 0 Å². The fourth-order valence-electron chi connectivity index (χ4n) is 1.81. The quantitative estimate of drug-likeness (QED) is 0.516. The molecule has 2 heteroatoms. The van der Waals surface area contributed by atoms with Crippen LogP contribution in [0, 0.1) is 0 Å². The predicted molar refractivity (Wildman–Crippen MR) is 74.0 cm³/mol. The van der Waals surface area contributed by atoms with Crippen LogP contribution in [-0.4, -0.2) is 38.6 Å². The predicted octanol–water partition coefficient (Wildman–Crippen LogP) is 3.28. The van der Waals surface area contributed by atoms with Crippen LogP contribution in [0.15, 0.2) is 0 Å². The third-order valence-corrected chi connectivity index (χ3v) is 2.94. The third kappa shape index (κ3) is 13.9. The molecule has 0 saturated heterocycles. The highest BCUT2D eigenvalue weighted by Crippen LogP contribution is 2.07. The lowest BCUT2D eigenvalue weighted by molar-refractivity contribution is 0.398. The zero-order valence-corrected chi connectivity index (χ0v) is 11.7. The maximum atomic E-state index is 3.49. The molecule has 0 aromatic rings. The lowest BCUT2D eigenvalue weighted by atomic mass is 10.1. The second-order valence-electron chi connectivity index (χ2n) is 5.03. The lowest BCUT2D eigenvalue weighted by Crippen LogP contribution is -2.27. The van der Waals surface area contributed by atoms with Gasteiger partial charge in [0.05, 0.1) is 0 Å². The zero-order chi connectivity index (χ0) is 12.1. The van der Waals surface area contributed by atoms with E-state index in [1.54, 1.807) is 0 Å². The van der Waals surface area contributed by atoms with Gasteiger partial charge in [-0.05, 0) is 27.1 Å². The van der Waals surface area contributed by atoms with Gasteiger partial charge in [0.2, 0.25) is 0 Å². The Balaban J connectivity index is 2.88. The van der Waals surface area contributed by atoms with Gasteiger partial charge in [-0.25, -0.2) is 0 Å². The Morgan fingerprint density at radius 2 is 1.31 bits per heavy atom. The highest BCUT2D eigenvalue weighted by Gasteiger charge is 1.92. The van der Waals surface area contributed by atoms with E-state index in [4.69, 9.17) is 0 Å². The first kappa shape index (κ1) is 15.9. The second-order valence-corrected chi connectivity index (χ2v) is 5.03. The number of likely N-dealkylation sites (N-methyl/N-ethyl adjacent to an activating group) is 1. The molecule has 0 rings (SSSR count). The summed E-state index contributed by atoms with van der Waals surface area (Å²) in [5.74, 6) is 0. The summed E-state index contributed by atoms with van der Waals surface area (Å²) in [6, 6.07) is 0. The summed E-state index contributed by atoms with van der Waals surface area (Å²) < 4.78 is 0. The Morgan fingerprint density at radius 3 is 1.88 bits per heavy atom. The van der Waals surface area contributed by atoms with Crippen molar-refractivity contribution in [1.82, 2.24) is 10.2 Å². The van der Waals surface area contributed by atoms with Crippen LogP contribution in [0.3, 0.4) is 0 Å². The van der Waals surface area contributed by atoms with Crippen LogP contribution in [0.2, 0.25) is 0 Å². The van der Waals surface area contributed by atoms with E-state index in [9.17, 15) is 0 Å². The minimum Gasteiger partial charge on any atom is -0.315 e. The smallest absolute Gasteiger partial charge is 0.0101 e. The fraction of sp³-hybridized carbons (Fsp3) is 1.00. The Morgan fingerprint density at radius 1 is 0.750 bits per heavy atom. The summed E-state index contributed by atoms with van der Waals surface area (Å²) >= 11 is 0. The standard InChI is InChI=1S/C14H32N2/c1-4-5-6-7-8-9-10-11-12-15-13-14-16(2)3/h15H,4-14H2,1-3H3. The van der Waals surface area contributed by atoms with Gasteiger partial charge in [0.1, 0.15) is 0 Å². The number of rotatable bonds is 12. The Hall–Kier alpha value is -0.0800. The average Bonchev–Trinajstić information content (AvgIpc) is 2.25. The number of unbranched alkanes of at least 4 members (excludes halogenated alkanes) is 7. The minimum atomic E-state index is 1.13. The Bertz CT molecular complexity index is 124. The molecular formula is C14H32N2. The molecule has 0 aromatic heterocycles. The Labute approximate surface area is 103 Å². The molecule has 0 aliphatic rings. The first-order valence-corrected chi connectivity index (χ1v) is 7.12. The van der Waals surface area contributed by atoms with Crippen LogP contribution in [0.5, 0.6) is 0 Å². The van der Waals surface area contributed by atoms with E-state index < -0.39 is 0 Å². The monoisotopic (exact) mass is 228 g/mol. The van der Waals surface area contributed by atoms with Gasteiger partial charge in [-0.3, -0.25) is 0 Å². The lowest BCUT2D eigenvalue weighted by Gasteiger charge is -2.10. The molecule has 2 nitrogen and oxygen atoms in total. The van der Waals surface area contributed by atoms with E-state index in [1.165, 1.54) is 57.9 Å². The number of nitrogens with one attached hydrogen (secondary N) is 1. The van der Waals surface area contributed by atoms with Gasteiger partial charge in [0, 0.05) is 13.1 Å². The van der Waals surface area contributed by atoms with Crippen molar-refractivity contribution in [2.45, 2.75) is 58.3 Å². The van der Waals surface area contributed by atoms with E-state index in [0.717, 1.165) is 13.1 Å². The summed E-state index contributed by atoms with van der Waals surface area (Å²) in [6.45, 7) is 5.75. The van der Waals surface area contributed by atoms with E-state index >= 15 is 0 Å². The van der Waals surface area contributed by atoms with Crippen LogP contribution in [0.4, 0.5) is 0 Å². The number of nitrogens with zero attached hydrogens (tertiary/aromatic N) is 1. The molecule has 0 aliphatic heterocycles. The fourth-order valence-corrected chi connectivity index (χ4v) is 1.81. The van der Waals surface area contributed by atoms with Crippen molar-refractivity contribution in [2.24, 2.45) is 0 Å². The van der Waals surface area contributed by atoms with Gasteiger partial charge >= 0.3 is 0 Å². The summed E-state index contributed by atoms with van der Waals surface area (Å²) in [5, 5.41) is 3.49. The highest BCUT2D eigenvalue weighted by molar-refractivity contribution is 4.52. The molecule has 0 unspecified atom stereocenters. The largest absolute Gasteiger partial charge is 0.315 e. The van der Waals surface area contributed by atoms with Crippen LogP contribution >= 0.6 is 0 Å². The normalized spacial score (nSPS) is 11.2. The van der Waals surface area contributed by atoms with Gasteiger partial charge in [-0.15, -0.1) is 0 Å². The number of hydrogen-bond donors (Lipinski definition) is 1. The van der Waals surface area contributed by atoms with Gasteiger partial charge in [-0.1, -0.05) is 51.9 Å². The van der Waals surface area contributed by atoms with Crippen molar-refractivity contribution < 1.29 is 0 Å². The van der Waals surface area contributed by atoms with Crippen molar-refractivity contribution in [1.29, 1.82) is 0 Å². The first-order chi connectivity index (χ1) is 7.77. The highest BCUT2D eigenvalue weighted by atomic mass is 15.1. The van der Waals surface area contributed by atoms with Crippen LogP contribution in [0.1, 0.15) is 58.3 Å². The van der Waals surface area contributed by atoms with Crippen LogP contribution < -0.4 is 5.32 Å². The van der Waals surface area contributed by atoms with Crippen molar-refractivity contribution >= 4 is 0 Å². The summed E-state index contributed by atoms with van der Waals surface area (Å²) in [6.07, 6.45) is 11.3. The van der Waals surface area contributed by atoms with Crippen molar-refractivity contribution in [3.05, 3.63) is 0 Å². The molecule has 1 N–H and O–H groups in total. The zero-order valence-electron chi connectivity index (χ0n) is 11.7. The minimum absolute atomic E-state index is 1.13. The Kier molecular flexibility index (Phi) is 12.9. The first-order valence-electron chi connectivity index (χ1n) is 7.12. The van der Waals surface area contributed by atoms with Crippen molar-refractivity contribution in [3.8, 4) is 0 Å².